The van der Waals surface area contributed by atoms with Crippen molar-refractivity contribution in [3.63, 3.8) is 0 Å². The molecule has 4 heteroatoms. The third-order valence-electron chi connectivity index (χ3n) is 3.11. The number of hydrogen-bond acceptors (Lipinski definition) is 2. The Morgan fingerprint density at radius 2 is 1.94 bits per heavy atom. The van der Waals surface area contributed by atoms with Crippen molar-refractivity contribution < 1.29 is 13.9 Å². The number of hydrogen-bond donors (Lipinski definition) is 0. The molecule has 0 amide bonds. The molecule has 1 saturated heterocycles. The van der Waals surface area contributed by atoms with Crippen LogP contribution in [-0.4, -0.2) is 18.5 Å². The average Bonchev–Trinajstić information content (AvgIpc) is 2.30. The number of ether oxygens (including phenoxy) is 1. The van der Waals surface area contributed by atoms with Crippen molar-refractivity contribution in [1.29, 1.82) is 0 Å². The highest BCUT2D eigenvalue weighted by Gasteiger charge is 2.42. The third-order valence-corrected chi connectivity index (χ3v) is 3.47. The zero-order chi connectivity index (χ0) is 11.6. The van der Waals surface area contributed by atoms with Crippen LogP contribution in [0.5, 0.6) is 0 Å². The van der Waals surface area contributed by atoms with Crippen molar-refractivity contribution in [3.8, 4) is 0 Å². The smallest absolute Gasteiger partial charge is 0.232 e. The van der Waals surface area contributed by atoms with E-state index < -0.39 is 10.7 Å². The molecule has 1 aliphatic rings. The topological polar surface area (TPSA) is 26.3 Å². The maximum atomic E-state index is 13.7. The highest BCUT2D eigenvalue weighted by molar-refractivity contribution is 6.65. The molecule has 0 unspecified atom stereocenters. The number of carbonyl (C=O) groups excluding carboxylic acids is 1. The first-order valence-corrected chi connectivity index (χ1v) is 5.57. The quantitative estimate of drug-likeness (QED) is 0.746. The Hall–Kier alpha value is -0.930. The zero-order valence-electron chi connectivity index (χ0n) is 8.71. The molecule has 1 heterocycles. The van der Waals surface area contributed by atoms with Gasteiger partial charge in [0.15, 0.2) is 0 Å². The minimum Gasteiger partial charge on any atom is -0.381 e. The van der Waals surface area contributed by atoms with Gasteiger partial charge in [0, 0.05) is 18.8 Å². The van der Waals surface area contributed by atoms with Gasteiger partial charge in [-0.05, 0) is 30.5 Å². The number of halogens is 2. The molecule has 0 spiro atoms. The molecule has 0 saturated carbocycles. The molecule has 1 aliphatic heterocycles. The molecule has 0 atom stereocenters. The van der Waals surface area contributed by atoms with E-state index in [2.05, 4.69) is 0 Å². The number of benzene rings is 1. The molecule has 2 rings (SSSR count). The number of rotatable bonds is 2. The second-order valence-electron chi connectivity index (χ2n) is 3.95. The molecule has 0 aromatic heterocycles. The van der Waals surface area contributed by atoms with Crippen LogP contribution in [0.3, 0.4) is 0 Å². The van der Waals surface area contributed by atoms with Gasteiger partial charge < -0.3 is 4.74 Å². The average molecular weight is 243 g/mol. The van der Waals surface area contributed by atoms with Crippen LogP contribution in [-0.2, 0) is 14.9 Å². The lowest BCUT2D eigenvalue weighted by Gasteiger charge is -2.34. The minimum absolute atomic E-state index is 0.376. The fourth-order valence-corrected chi connectivity index (χ4v) is 2.43. The van der Waals surface area contributed by atoms with Crippen LogP contribution in [0.2, 0.25) is 0 Å². The maximum absolute atomic E-state index is 13.7. The van der Waals surface area contributed by atoms with E-state index in [0.717, 1.165) is 0 Å². The molecule has 16 heavy (non-hydrogen) atoms. The highest BCUT2D eigenvalue weighted by Crippen LogP contribution is 2.38. The van der Waals surface area contributed by atoms with Gasteiger partial charge in [-0.1, -0.05) is 18.2 Å². The molecule has 1 aromatic carbocycles. The summed E-state index contributed by atoms with van der Waals surface area (Å²) < 4.78 is 18.9. The Bertz CT molecular complexity index is 400. The monoisotopic (exact) mass is 242 g/mol. The summed E-state index contributed by atoms with van der Waals surface area (Å²) in [6.45, 7) is 0.875. The minimum atomic E-state index is -0.912. The van der Waals surface area contributed by atoms with E-state index in [-0.39, 0.29) is 5.82 Å². The van der Waals surface area contributed by atoms with Crippen molar-refractivity contribution in [3.05, 3.63) is 35.6 Å². The van der Waals surface area contributed by atoms with Crippen molar-refractivity contribution in [2.75, 3.05) is 13.2 Å². The lowest BCUT2D eigenvalue weighted by molar-refractivity contribution is -0.120. The molecule has 86 valence electrons. The SMILES string of the molecule is O=C(Cl)C1(c2ccccc2F)CCOCC1. The normalized spacial score (nSPS) is 19.4. The van der Waals surface area contributed by atoms with Crippen LogP contribution in [0.1, 0.15) is 18.4 Å². The van der Waals surface area contributed by atoms with Gasteiger partial charge in [0.05, 0.1) is 5.41 Å². The Morgan fingerprint density at radius 3 is 2.50 bits per heavy atom. The van der Waals surface area contributed by atoms with E-state index >= 15 is 0 Å². The van der Waals surface area contributed by atoms with Gasteiger partial charge in [-0.3, -0.25) is 4.79 Å². The Balaban J connectivity index is 2.47. The van der Waals surface area contributed by atoms with E-state index in [4.69, 9.17) is 16.3 Å². The Kier molecular flexibility index (Phi) is 3.26. The fraction of sp³-hybridized carbons (Fsp3) is 0.417. The van der Waals surface area contributed by atoms with Gasteiger partial charge in [-0.15, -0.1) is 0 Å². The molecule has 0 aliphatic carbocycles. The van der Waals surface area contributed by atoms with E-state index in [0.29, 0.717) is 31.6 Å². The van der Waals surface area contributed by atoms with E-state index in [1.54, 1.807) is 18.2 Å². The number of carbonyl (C=O) groups is 1. The Morgan fingerprint density at radius 1 is 1.31 bits per heavy atom. The molecule has 0 bridgehead atoms. The first-order chi connectivity index (χ1) is 7.67. The van der Waals surface area contributed by atoms with Gasteiger partial charge in [-0.2, -0.15) is 0 Å². The van der Waals surface area contributed by atoms with E-state index in [1.165, 1.54) is 6.07 Å². The van der Waals surface area contributed by atoms with Crippen molar-refractivity contribution >= 4 is 16.8 Å². The highest BCUT2D eigenvalue weighted by atomic mass is 35.5. The van der Waals surface area contributed by atoms with Gasteiger partial charge in [-0.25, -0.2) is 4.39 Å². The van der Waals surface area contributed by atoms with Crippen LogP contribution in [0.4, 0.5) is 4.39 Å². The first kappa shape index (κ1) is 11.6. The predicted molar refractivity (Wildman–Crippen MR) is 59.0 cm³/mol. The summed E-state index contributed by atoms with van der Waals surface area (Å²) in [5.74, 6) is -0.376. The van der Waals surface area contributed by atoms with Crippen LogP contribution in [0.25, 0.3) is 0 Å². The summed E-state index contributed by atoms with van der Waals surface area (Å²) in [4.78, 5) is 11.6. The summed E-state index contributed by atoms with van der Waals surface area (Å²) in [5, 5.41) is -0.499. The molecule has 1 aromatic rings. The Labute approximate surface area is 98.4 Å². The van der Waals surface area contributed by atoms with Crippen LogP contribution < -0.4 is 0 Å². The van der Waals surface area contributed by atoms with Crippen LogP contribution in [0, 0.1) is 5.82 Å². The maximum Gasteiger partial charge on any atom is 0.232 e. The van der Waals surface area contributed by atoms with Crippen LogP contribution >= 0.6 is 11.6 Å². The standard InChI is InChI=1S/C12H12ClFO2/c13-11(15)12(5-7-16-8-6-12)9-3-1-2-4-10(9)14/h1-4H,5-8H2. The van der Waals surface area contributed by atoms with Crippen molar-refractivity contribution in [2.24, 2.45) is 0 Å². The molecule has 0 N–H and O–H groups in total. The largest absolute Gasteiger partial charge is 0.381 e. The summed E-state index contributed by atoms with van der Waals surface area (Å²) in [7, 11) is 0. The van der Waals surface area contributed by atoms with Gasteiger partial charge in [0.25, 0.3) is 0 Å². The zero-order valence-corrected chi connectivity index (χ0v) is 9.47. The molecule has 0 radical (unpaired) electrons. The fourth-order valence-electron chi connectivity index (χ4n) is 2.14. The lowest BCUT2D eigenvalue weighted by Crippen LogP contribution is -2.39. The summed E-state index contributed by atoms with van der Waals surface area (Å²) in [6, 6.07) is 6.30. The van der Waals surface area contributed by atoms with Crippen LogP contribution in [0.15, 0.2) is 24.3 Å². The van der Waals surface area contributed by atoms with E-state index in [1.807, 2.05) is 0 Å². The predicted octanol–water partition coefficient (Wildman–Crippen LogP) is 2.64. The van der Waals surface area contributed by atoms with Crippen molar-refractivity contribution in [1.82, 2.24) is 0 Å². The summed E-state index contributed by atoms with van der Waals surface area (Å²) >= 11 is 5.66. The van der Waals surface area contributed by atoms with Crippen molar-refractivity contribution in [2.45, 2.75) is 18.3 Å². The van der Waals surface area contributed by atoms with Gasteiger partial charge in [0.1, 0.15) is 5.82 Å². The lowest BCUT2D eigenvalue weighted by atomic mass is 9.75. The molecular weight excluding hydrogens is 231 g/mol. The third kappa shape index (κ3) is 1.85. The molecule has 2 nitrogen and oxygen atoms in total. The molecular formula is C12H12ClFO2. The molecule has 1 fully saturated rings. The second-order valence-corrected chi connectivity index (χ2v) is 4.29. The van der Waals surface area contributed by atoms with Gasteiger partial charge >= 0.3 is 0 Å². The second kappa shape index (κ2) is 4.52. The summed E-state index contributed by atoms with van der Waals surface area (Å²) in [5.41, 5.74) is -0.524. The van der Waals surface area contributed by atoms with E-state index in [9.17, 15) is 9.18 Å². The first-order valence-electron chi connectivity index (χ1n) is 5.19. The van der Waals surface area contributed by atoms with Gasteiger partial charge in [0.2, 0.25) is 5.24 Å². The summed E-state index contributed by atoms with van der Waals surface area (Å²) in [6.07, 6.45) is 0.881.